The van der Waals surface area contributed by atoms with Crippen LogP contribution in [-0.4, -0.2) is 192 Å². The third-order valence-electron chi connectivity index (χ3n) is 15.2. The Labute approximate surface area is 559 Å². The Morgan fingerprint density at radius 1 is 0.337 bits per heavy atom. The summed E-state index contributed by atoms with van der Waals surface area (Å²) in [6, 6.07) is 28.2. The van der Waals surface area contributed by atoms with Gasteiger partial charge in [0, 0.05) is 59.6 Å². The van der Waals surface area contributed by atoms with E-state index >= 15 is 0 Å². The Kier molecular flexibility index (Phi) is 27.7. The highest BCUT2D eigenvalue weighted by molar-refractivity contribution is 6.09. The van der Waals surface area contributed by atoms with Gasteiger partial charge in [-0.2, -0.15) is 0 Å². The molecule has 0 spiro atoms. The number of carboxylic acids is 6. The molecule has 8 bridgehead atoms. The smallest absolute Gasteiger partial charge is 0.305 e. The standard InChI is InChI=1S/C68H74N6O24/c75-55(76)13-19-93-35-67(36-94-20-14-56(77)78,37-95-21-15-57(79)80)73-65(91)47-27-43-25-45(29-47)63(89)71-33-53-49-5-1-2-6-50(49)54(52-8-4-3-7-51(52)53)34-72-64(90)46-26-44(62(88)70-32-42-11-9-41(10-12-42)31-69-61(43)87)28-48(30-46)66(92)74-68(38-96-22-16-58(81)82,39-97-23-17-59(83)84)40-98-24-18-60(85)86/h1-12,25-30H,13-24,31-40H2,(H,69,87)(H,70,88)(H,71,89)(H,72,90)(H,73,91)(H,74,92)(H,75,76)(H,77,78)(H,79,80)(H,81,82)(H,83,84)(H,85,86). The number of carbonyl (C=O) groups excluding carboxylic acids is 6. The van der Waals surface area contributed by atoms with Gasteiger partial charge in [0.05, 0.1) is 118 Å². The van der Waals surface area contributed by atoms with Gasteiger partial charge in [-0.1, -0.05) is 72.8 Å². The number of hydrogen-bond acceptors (Lipinski definition) is 18. The number of benzene rings is 6. The second-order valence-electron chi connectivity index (χ2n) is 22.8. The maximum atomic E-state index is 14.7. The molecule has 0 aliphatic carbocycles. The normalized spacial score (nSPS) is 13.1. The van der Waals surface area contributed by atoms with E-state index in [0.717, 1.165) is 0 Å². The summed E-state index contributed by atoms with van der Waals surface area (Å²) in [6.45, 7) is -5.69. The lowest BCUT2D eigenvalue weighted by molar-refractivity contribution is -0.141. The van der Waals surface area contributed by atoms with Crippen molar-refractivity contribution in [3.05, 3.63) is 165 Å². The summed E-state index contributed by atoms with van der Waals surface area (Å²) in [5.74, 6) is -12.1. The summed E-state index contributed by atoms with van der Waals surface area (Å²) in [6.07, 6.45) is -2.75. The van der Waals surface area contributed by atoms with E-state index in [1.165, 1.54) is 36.4 Å². The molecule has 0 aromatic heterocycles. The molecule has 0 atom stereocenters. The SMILES string of the molecule is O=C(O)CCOCC(COCCC(=O)O)(COCCC(=O)O)NC(=O)c1cc2cc(c1)C(=O)NCc1c3ccccc3c(c3ccccc13)CNC(=O)c1cc(cc(C(=O)NC(COCCC(=O)O)(COCCC(=O)O)COCCC(=O)O)c1)C(=O)NCc1ccc(cc1)CNC2=O. The molecule has 4 heterocycles. The van der Waals surface area contributed by atoms with Gasteiger partial charge in [-0.05, 0) is 80.2 Å². The van der Waals surface area contributed by atoms with Crippen LogP contribution in [0.5, 0.6) is 0 Å². The van der Waals surface area contributed by atoms with E-state index in [4.69, 9.17) is 28.4 Å². The molecule has 0 saturated carbocycles. The highest BCUT2D eigenvalue weighted by Gasteiger charge is 2.37. The third kappa shape index (κ3) is 22.7. The number of rotatable bonds is 34. The topological polar surface area (TPSA) is 454 Å². The predicted molar refractivity (Wildman–Crippen MR) is 344 cm³/mol. The second kappa shape index (κ2) is 36.4. The van der Waals surface area contributed by atoms with Gasteiger partial charge in [0.1, 0.15) is 11.1 Å². The molecule has 6 aromatic carbocycles. The predicted octanol–water partition coefficient (Wildman–Crippen LogP) is 3.91. The molecule has 98 heavy (non-hydrogen) atoms. The minimum atomic E-state index is -1.75. The summed E-state index contributed by atoms with van der Waals surface area (Å²) < 4.78 is 34.1. The van der Waals surface area contributed by atoms with Crippen LogP contribution >= 0.6 is 0 Å². The quantitative estimate of drug-likeness (QED) is 0.0201. The van der Waals surface area contributed by atoms with Gasteiger partial charge in [-0.25, -0.2) is 0 Å². The molecule has 30 heteroatoms. The zero-order valence-corrected chi connectivity index (χ0v) is 53.0. The van der Waals surface area contributed by atoms with Crippen LogP contribution in [0.1, 0.15) is 123 Å². The molecule has 6 aromatic rings. The van der Waals surface area contributed by atoms with E-state index < -0.39 is 161 Å². The highest BCUT2D eigenvalue weighted by Crippen LogP contribution is 2.34. The van der Waals surface area contributed by atoms with Crippen LogP contribution < -0.4 is 31.9 Å². The Balaban J connectivity index is 1.27. The molecule has 6 amide bonds. The molecular formula is C68H74N6O24. The lowest BCUT2D eigenvalue weighted by atomic mass is 9.91. The van der Waals surface area contributed by atoms with E-state index in [9.17, 15) is 88.2 Å². The Morgan fingerprint density at radius 3 is 0.786 bits per heavy atom. The molecule has 0 saturated heterocycles. The van der Waals surface area contributed by atoms with E-state index in [2.05, 4.69) is 31.9 Å². The number of carbonyl (C=O) groups is 12. The van der Waals surface area contributed by atoms with Gasteiger partial charge < -0.3 is 91.0 Å². The fourth-order valence-electron chi connectivity index (χ4n) is 10.3. The number of ether oxygens (including phenoxy) is 6. The first kappa shape index (κ1) is 74.6. The molecule has 30 nitrogen and oxygen atoms in total. The third-order valence-corrected chi connectivity index (χ3v) is 15.2. The molecule has 12 N–H and O–H groups in total. The van der Waals surface area contributed by atoms with Crippen molar-refractivity contribution in [1.29, 1.82) is 0 Å². The second-order valence-corrected chi connectivity index (χ2v) is 22.8. The summed E-state index contributed by atoms with van der Waals surface area (Å²) in [4.78, 5) is 156. The van der Waals surface area contributed by atoms with Crippen molar-refractivity contribution in [2.24, 2.45) is 0 Å². The van der Waals surface area contributed by atoms with Crippen molar-refractivity contribution in [2.75, 3.05) is 79.3 Å². The zero-order chi connectivity index (χ0) is 70.8. The van der Waals surface area contributed by atoms with Crippen molar-refractivity contribution >= 4 is 92.8 Å². The van der Waals surface area contributed by atoms with Crippen LogP contribution in [0, 0.1) is 0 Å². The minimum absolute atomic E-state index is 0.115. The van der Waals surface area contributed by atoms with Gasteiger partial charge in [0.2, 0.25) is 0 Å². The molecular weight excluding hydrogens is 1280 g/mol. The monoisotopic (exact) mass is 1360 g/mol. The maximum Gasteiger partial charge on any atom is 0.305 e. The van der Waals surface area contributed by atoms with E-state index in [0.29, 0.717) is 43.8 Å². The largest absolute Gasteiger partial charge is 0.481 e. The first-order chi connectivity index (χ1) is 46.9. The fourth-order valence-corrected chi connectivity index (χ4v) is 10.3. The van der Waals surface area contributed by atoms with Crippen molar-refractivity contribution in [3.63, 3.8) is 0 Å². The van der Waals surface area contributed by atoms with Crippen molar-refractivity contribution in [2.45, 2.75) is 75.8 Å². The molecule has 4 aliphatic rings. The zero-order valence-electron chi connectivity index (χ0n) is 53.0. The highest BCUT2D eigenvalue weighted by atomic mass is 16.5. The maximum absolute atomic E-state index is 14.7. The summed E-state index contributed by atoms with van der Waals surface area (Å²) in [7, 11) is 0. The Hall–Kier alpha value is -10.8. The lowest BCUT2D eigenvalue weighted by Crippen LogP contribution is -2.58. The number of aliphatic carboxylic acids is 6. The van der Waals surface area contributed by atoms with Crippen molar-refractivity contribution in [3.8, 4) is 0 Å². The van der Waals surface area contributed by atoms with Gasteiger partial charge in [0.25, 0.3) is 35.4 Å². The Morgan fingerprint density at radius 2 is 0.561 bits per heavy atom. The number of amides is 6. The molecule has 520 valence electrons. The average molecular weight is 1360 g/mol. The minimum Gasteiger partial charge on any atom is -0.481 e. The summed E-state index contributed by atoms with van der Waals surface area (Å²) in [5.41, 5.74) is -2.39. The van der Waals surface area contributed by atoms with Gasteiger partial charge >= 0.3 is 35.8 Å². The number of carboxylic acid groups (broad SMARTS) is 6. The van der Waals surface area contributed by atoms with Crippen LogP contribution in [0.2, 0.25) is 0 Å². The number of hydrogen-bond donors (Lipinski definition) is 12. The lowest BCUT2D eigenvalue weighted by Gasteiger charge is -2.34. The van der Waals surface area contributed by atoms with E-state index in [-0.39, 0.29) is 99.2 Å². The number of nitrogens with one attached hydrogen (secondary N) is 6. The van der Waals surface area contributed by atoms with Gasteiger partial charge in [0.15, 0.2) is 0 Å². The fraction of sp³-hybridized carbons (Fsp3) is 0.353. The van der Waals surface area contributed by atoms with Gasteiger partial charge in [-0.15, -0.1) is 0 Å². The van der Waals surface area contributed by atoms with Gasteiger partial charge in [-0.3, -0.25) is 57.5 Å². The average Bonchev–Trinajstić information content (AvgIpc) is 0.757. The molecule has 0 fully saturated rings. The van der Waals surface area contributed by atoms with Crippen molar-refractivity contribution < 1.29 is 117 Å². The molecule has 4 aliphatic heterocycles. The molecule has 0 unspecified atom stereocenters. The van der Waals surface area contributed by atoms with Crippen LogP contribution in [0.25, 0.3) is 21.5 Å². The van der Waals surface area contributed by atoms with Crippen molar-refractivity contribution in [1.82, 2.24) is 31.9 Å². The van der Waals surface area contributed by atoms with Crippen LogP contribution in [0.15, 0.2) is 109 Å². The molecule has 0 radical (unpaired) electrons. The van der Waals surface area contributed by atoms with Crippen LogP contribution in [-0.2, 0) is 83.4 Å². The van der Waals surface area contributed by atoms with E-state index in [1.54, 1.807) is 72.8 Å². The van der Waals surface area contributed by atoms with E-state index in [1.807, 2.05) is 0 Å². The van der Waals surface area contributed by atoms with Crippen LogP contribution in [0.3, 0.4) is 0 Å². The summed E-state index contributed by atoms with van der Waals surface area (Å²) in [5, 5.41) is 75.5. The summed E-state index contributed by atoms with van der Waals surface area (Å²) >= 11 is 0. The molecule has 10 rings (SSSR count). The Bertz CT molecular complexity index is 3520. The van der Waals surface area contributed by atoms with Crippen LogP contribution in [0.4, 0.5) is 0 Å². The first-order valence-corrected chi connectivity index (χ1v) is 30.8. The first-order valence-electron chi connectivity index (χ1n) is 30.8.